The normalized spacial score (nSPS) is 12.5. The first-order chi connectivity index (χ1) is 11.4. The Bertz CT molecular complexity index is 610. The third-order valence-electron chi connectivity index (χ3n) is 3.46. The van der Waals surface area contributed by atoms with E-state index in [1.165, 1.54) is 12.1 Å². The molecule has 0 aliphatic heterocycles. The van der Waals surface area contributed by atoms with Crippen molar-refractivity contribution in [1.82, 2.24) is 5.32 Å². The van der Waals surface area contributed by atoms with Crippen molar-refractivity contribution in [3.63, 3.8) is 0 Å². The molecule has 25 heavy (non-hydrogen) atoms. The van der Waals surface area contributed by atoms with Crippen LogP contribution in [0, 0.1) is 18.8 Å². The fourth-order valence-corrected chi connectivity index (χ4v) is 2.48. The van der Waals surface area contributed by atoms with E-state index in [4.69, 9.17) is 0 Å². The Hall–Kier alpha value is -1.44. The van der Waals surface area contributed by atoms with Crippen molar-refractivity contribution in [3.8, 4) is 0 Å². The maximum absolute atomic E-state index is 11.5. The minimum atomic E-state index is -4.27. The standard InChI is InChI=1S/C11H24N2O.C7H8O3S/c1-8(2)5-6-13-11(14)10(12)7-9(3)4;1-6-2-4-7(5-3-6)11(8,9)10/h8-10H,5-7,12H2,1-4H3,(H,13,14);2-5H,1H3,(H,8,9,10)/t10-;/m0./s1. The van der Waals surface area contributed by atoms with Crippen LogP contribution in [0.2, 0.25) is 0 Å². The van der Waals surface area contributed by atoms with Crippen molar-refractivity contribution in [2.24, 2.45) is 11.8 Å². The summed E-state index contributed by atoms with van der Waals surface area (Å²) in [6, 6.07) is 5.69. The van der Waals surface area contributed by atoms with Gasteiger partial charge >= 0.3 is 0 Å². The third-order valence-corrected chi connectivity index (χ3v) is 4.31. The molecule has 0 aliphatic rings. The maximum Gasteiger partial charge on any atom is 0.278 e. The average Bonchev–Trinajstić information content (AvgIpc) is 2.46. The van der Waals surface area contributed by atoms with E-state index in [1.807, 2.05) is 6.92 Å². The van der Waals surface area contributed by atoms with E-state index in [-0.39, 0.29) is 16.8 Å². The van der Waals surface area contributed by atoms with E-state index in [1.54, 1.807) is 12.1 Å². The summed E-state index contributed by atoms with van der Waals surface area (Å²) < 4.78 is 31.2. The molecule has 0 bridgehead atoms. The molecule has 0 heterocycles. The third kappa shape index (κ3) is 11.7. The highest BCUT2D eigenvalue weighted by Crippen LogP contribution is 2.08. The Kier molecular flexibility index (Phi) is 10.6. The molecule has 0 radical (unpaired) electrons. The van der Waals surface area contributed by atoms with E-state index >= 15 is 0 Å². The van der Waals surface area contributed by atoms with Gasteiger partial charge < -0.3 is 15.6 Å². The van der Waals surface area contributed by atoms with Crippen molar-refractivity contribution in [2.45, 2.75) is 58.4 Å². The van der Waals surface area contributed by atoms with Gasteiger partial charge in [-0.05, 0) is 37.3 Å². The summed E-state index contributed by atoms with van der Waals surface area (Å²) in [7, 11) is -4.27. The van der Waals surface area contributed by atoms with Gasteiger partial charge in [0.25, 0.3) is 5.91 Å². The van der Waals surface area contributed by atoms with Crippen LogP contribution in [0.25, 0.3) is 0 Å². The lowest BCUT2D eigenvalue weighted by atomic mass is 10.0. The molecule has 0 spiro atoms. The van der Waals surface area contributed by atoms with Crippen LogP contribution < -0.4 is 11.1 Å². The number of aryl methyl sites for hydroxylation is 1. The summed E-state index contributed by atoms with van der Waals surface area (Å²) in [5.41, 5.74) is 4.79. The topological polar surface area (TPSA) is 114 Å². The number of carbonyl (C=O) groups is 1. The highest BCUT2D eigenvalue weighted by Gasteiger charge is 2.17. The fourth-order valence-electron chi connectivity index (χ4n) is 2.01. The summed E-state index contributed by atoms with van der Waals surface area (Å²) in [4.78, 5) is 11.3. The van der Waals surface area contributed by atoms with Gasteiger partial charge in [-0.2, -0.15) is 0 Å². The highest BCUT2D eigenvalue weighted by molar-refractivity contribution is 7.85. The number of amides is 1. The van der Waals surface area contributed by atoms with E-state index in [2.05, 4.69) is 38.7 Å². The van der Waals surface area contributed by atoms with Gasteiger partial charge in [0.1, 0.15) is 10.1 Å². The van der Waals surface area contributed by atoms with Crippen LogP contribution in [0.4, 0.5) is 0 Å². The Morgan fingerprint density at radius 2 is 1.64 bits per heavy atom. The second-order valence-corrected chi connectivity index (χ2v) is 8.45. The molecule has 1 rings (SSSR count). The Balaban J connectivity index is 0.000000472. The number of carbonyl (C=O) groups excluding carboxylic acids is 1. The summed E-state index contributed by atoms with van der Waals surface area (Å²) in [5.74, 6) is 1.27. The molecule has 1 atom stereocenters. The SMILES string of the molecule is CC(C)CCNC(=O)[C@@H]([NH3+])CC(C)C.Cc1ccc(S(=O)(=O)[O-])cc1. The molecule has 0 saturated carbocycles. The van der Waals surface area contributed by atoms with Crippen molar-refractivity contribution in [2.75, 3.05) is 6.54 Å². The Labute approximate surface area is 151 Å². The van der Waals surface area contributed by atoms with E-state index in [9.17, 15) is 17.8 Å². The van der Waals surface area contributed by atoms with E-state index in [0.717, 1.165) is 24.9 Å². The van der Waals surface area contributed by atoms with Crippen molar-refractivity contribution in [1.29, 1.82) is 0 Å². The molecular weight excluding hydrogens is 340 g/mol. The maximum atomic E-state index is 11.5. The zero-order valence-electron chi connectivity index (χ0n) is 15.9. The number of quaternary nitrogens is 1. The fraction of sp³-hybridized carbons (Fsp3) is 0.611. The molecule has 0 aliphatic carbocycles. The minimum absolute atomic E-state index is 0.0952. The van der Waals surface area contributed by atoms with Gasteiger partial charge in [0.05, 0.1) is 4.90 Å². The van der Waals surface area contributed by atoms with Gasteiger partial charge in [0, 0.05) is 13.0 Å². The van der Waals surface area contributed by atoms with Crippen LogP contribution in [-0.2, 0) is 14.9 Å². The summed E-state index contributed by atoms with van der Waals surface area (Å²) in [6.07, 6.45) is 1.91. The largest absolute Gasteiger partial charge is 0.744 e. The second kappa shape index (κ2) is 11.2. The zero-order valence-corrected chi connectivity index (χ0v) is 16.7. The lowest BCUT2D eigenvalue weighted by Gasteiger charge is -2.12. The van der Waals surface area contributed by atoms with Gasteiger partial charge in [-0.3, -0.25) is 4.79 Å². The molecule has 0 fully saturated rings. The van der Waals surface area contributed by atoms with Crippen LogP contribution in [0.15, 0.2) is 29.2 Å². The summed E-state index contributed by atoms with van der Waals surface area (Å²) in [5, 5.41) is 2.92. The van der Waals surface area contributed by atoms with Crippen LogP contribution in [-0.4, -0.2) is 31.5 Å². The molecular formula is C18H32N2O4S. The highest BCUT2D eigenvalue weighted by atomic mass is 32.2. The molecule has 1 amide bonds. The Morgan fingerprint density at radius 3 is 2.04 bits per heavy atom. The molecule has 6 nitrogen and oxygen atoms in total. The first-order valence-corrected chi connectivity index (χ1v) is 9.97. The number of hydrogen-bond acceptors (Lipinski definition) is 4. The van der Waals surface area contributed by atoms with Crippen molar-refractivity contribution in [3.05, 3.63) is 29.8 Å². The molecule has 0 unspecified atom stereocenters. The van der Waals surface area contributed by atoms with Crippen LogP contribution in [0.5, 0.6) is 0 Å². The molecule has 144 valence electrons. The number of hydrogen-bond donors (Lipinski definition) is 2. The summed E-state index contributed by atoms with van der Waals surface area (Å²) >= 11 is 0. The average molecular weight is 373 g/mol. The van der Waals surface area contributed by atoms with Crippen molar-refractivity contribution >= 4 is 16.0 Å². The van der Waals surface area contributed by atoms with Crippen LogP contribution >= 0.6 is 0 Å². The summed E-state index contributed by atoms with van der Waals surface area (Å²) in [6.45, 7) is 11.1. The zero-order chi connectivity index (χ0) is 19.6. The monoisotopic (exact) mass is 372 g/mol. The van der Waals surface area contributed by atoms with Crippen LogP contribution in [0.3, 0.4) is 0 Å². The number of nitrogens with one attached hydrogen (secondary N) is 1. The molecule has 1 aromatic carbocycles. The van der Waals surface area contributed by atoms with Gasteiger partial charge in [-0.15, -0.1) is 0 Å². The number of benzene rings is 1. The van der Waals surface area contributed by atoms with E-state index < -0.39 is 10.1 Å². The molecule has 4 N–H and O–H groups in total. The smallest absolute Gasteiger partial charge is 0.278 e. The molecule has 0 saturated heterocycles. The van der Waals surface area contributed by atoms with Crippen LogP contribution in [0.1, 0.15) is 46.1 Å². The second-order valence-electron chi connectivity index (χ2n) is 7.07. The molecule has 0 aromatic heterocycles. The van der Waals surface area contributed by atoms with E-state index in [0.29, 0.717) is 11.8 Å². The predicted octanol–water partition coefficient (Wildman–Crippen LogP) is 1.70. The molecule has 1 aromatic rings. The lowest BCUT2D eigenvalue weighted by molar-refractivity contribution is -0.406. The van der Waals surface area contributed by atoms with Gasteiger partial charge in [0.15, 0.2) is 6.04 Å². The van der Waals surface area contributed by atoms with Gasteiger partial charge in [0.2, 0.25) is 0 Å². The van der Waals surface area contributed by atoms with Gasteiger partial charge in [-0.1, -0.05) is 45.4 Å². The number of rotatable bonds is 7. The quantitative estimate of drug-likeness (QED) is 0.709. The first-order valence-electron chi connectivity index (χ1n) is 8.56. The molecule has 7 heteroatoms. The lowest BCUT2D eigenvalue weighted by Crippen LogP contribution is -2.67. The Morgan fingerprint density at radius 1 is 1.12 bits per heavy atom. The van der Waals surface area contributed by atoms with Crippen molar-refractivity contribution < 1.29 is 23.5 Å². The van der Waals surface area contributed by atoms with Gasteiger partial charge in [-0.25, -0.2) is 8.42 Å². The predicted molar refractivity (Wildman–Crippen MR) is 97.7 cm³/mol. The first kappa shape index (κ1) is 23.6. The minimum Gasteiger partial charge on any atom is -0.744 e.